The minimum absolute atomic E-state index is 0. The SMILES string of the molecule is [F-].[O-]B([O-])[O-].[O-]B([O-])[O-].[O-]B([O-])[O-].[Sr+2].[Sr+2].[Sr+2].[Sr+2].[Sr+2]. The Kier molecular flexibility index (Phi) is 155. The van der Waals surface area contributed by atoms with E-state index in [4.69, 9.17) is 45.2 Å². The third-order valence-electron chi connectivity index (χ3n) is 0. The van der Waals surface area contributed by atoms with Crippen molar-refractivity contribution < 1.29 is 49.9 Å². The van der Waals surface area contributed by atoms with Crippen LogP contribution < -0.4 is 49.9 Å². The molecule has 0 saturated heterocycles. The molecular weight excluding hydrogens is 634 g/mol. The van der Waals surface area contributed by atoms with Crippen molar-refractivity contribution in [2.45, 2.75) is 0 Å². The zero-order valence-electron chi connectivity index (χ0n) is 9.32. The summed E-state index contributed by atoms with van der Waals surface area (Å²) < 4.78 is 0. The second kappa shape index (κ2) is 49.6. The molecule has 0 aliphatic rings. The van der Waals surface area contributed by atoms with E-state index in [1.54, 1.807) is 0 Å². The van der Waals surface area contributed by atoms with Crippen LogP contribution in [0, 0.1) is 0 Å². The summed E-state index contributed by atoms with van der Waals surface area (Å²) in [5.74, 6) is 0. The number of hydrogen-bond acceptors (Lipinski definition) is 9. The molecule has 0 aromatic heterocycles. The first-order valence-electron chi connectivity index (χ1n) is 2.12. The molecule has 0 aliphatic carbocycles. The van der Waals surface area contributed by atoms with Crippen LogP contribution >= 0.6 is 0 Å². The average Bonchev–Trinajstić information content (AvgIpc) is 1.54. The van der Waals surface area contributed by atoms with Crippen LogP contribution in [0.2, 0.25) is 0 Å². The Morgan fingerprint density at radius 1 is 0.333 bits per heavy atom. The smallest absolute Gasteiger partial charge is 1.00 e. The fourth-order valence-electron chi connectivity index (χ4n) is 0. The summed E-state index contributed by atoms with van der Waals surface area (Å²) >= 11 is 0. The first-order valence-corrected chi connectivity index (χ1v) is 2.12. The molecule has 0 saturated carbocycles. The molecule has 0 bridgehead atoms. The van der Waals surface area contributed by atoms with Crippen LogP contribution in [0.3, 0.4) is 0 Å². The third-order valence-corrected chi connectivity index (χ3v) is 0. The summed E-state index contributed by atoms with van der Waals surface area (Å²) in [5.41, 5.74) is 0. The van der Waals surface area contributed by atoms with E-state index < -0.39 is 22.0 Å². The van der Waals surface area contributed by atoms with E-state index in [9.17, 15) is 0 Å². The van der Waals surface area contributed by atoms with Gasteiger partial charge in [0.1, 0.15) is 0 Å². The Morgan fingerprint density at radius 2 is 0.333 bits per heavy atom. The Hall–Kier alpha value is 7.17. The van der Waals surface area contributed by atoms with Crippen molar-refractivity contribution >= 4 is 249 Å². The fraction of sp³-hybridized carbons (Fsp3) is 0. The molecule has 0 amide bonds. The summed E-state index contributed by atoms with van der Waals surface area (Å²) in [6.07, 6.45) is 0. The van der Waals surface area contributed by atoms with Gasteiger partial charge in [-0.25, -0.2) is 0 Å². The van der Waals surface area contributed by atoms with Gasteiger partial charge >= 0.3 is 227 Å². The van der Waals surface area contributed by atoms with Gasteiger partial charge in [-0.1, -0.05) is 0 Å². The normalized spacial score (nSPS) is 4.50. The summed E-state index contributed by atoms with van der Waals surface area (Å²) in [4.78, 5) is 0. The van der Waals surface area contributed by atoms with Crippen LogP contribution in [0.1, 0.15) is 0 Å². The van der Waals surface area contributed by atoms with Crippen LogP contribution in [-0.2, 0) is 0 Å². The van der Waals surface area contributed by atoms with Crippen molar-refractivity contribution in [3.63, 3.8) is 0 Å². The molecule has 9 nitrogen and oxygen atoms in total. The summed E-state index contributed by atoms with van der Waals surface area (Å²) in [7, 11) is -8.75. The van der Waals surface area contributed by atoms with Crippen molar-refractivity contribution in [2.24, 2.45) is 0 Å². The molecule has 0 atom stereocenters. The molecule has 0 radical (unpaired) electrons. The third kappa shape index (κ3) is 222. The van der Waals surface area contributed by atoms with Crippen molar-refractivity contribution in [3.05, 3.63) is 0 Å². The molecule has 0 heterocycles. The topological polar surface area (TPSA) is 208 Å². The Morgan fingerprint density at radius 3 is 0.333 bits per heavy atom. The van der Waals surface area contributed by atoms with E-state index >= 15 is 0 Å². The van der Waals surface area contributed by atoms with Gasteiger partial charge in [0, 0.05) is 0 Å². The van der Waals surface area contributed by atoms with E-state index in [2.05, 4.69) is 0 Å². The van der Waals surface area contributed by atoms with Gasteiger partial charge in [-0.3, -0.25) is 22.0 Å². The quantitative estimate of drug-likeness (QED) is 0.232. The first kappa shape index (κ1) is 56.2. The van der Waals surface area contributed by atoms with Crippen LogP contribution in [0.4, 0.5) is 0 Å². The Bertz CT molecular complexity index is 58.7. The zero-order valence-corrected chi connectivity index (χ0v) is 26.7. The second-order valence-electron chi connectivity index (χ2n) is 0.866. The van der Waals surface area contributed by atoms with Gasteiger partial charge in [-0.05, 0) is 0 Å². The molecule has 0 aliphatic heterocycles. The van der Waals surface area contributed by atoms with Gasteiger partial charge in [0.15, 0.2) is 0 Å². The van der Waals surface area contributed by atoms with Gasteiger partial charge in [-0.15, -0.1) is 0 Å². The minimum atomic E-state index is -2.92. The van der Waals surface area contributed by atoms with E-state index in [0.717, 1.165) is 0 Å². The maximum absolute atomic E-state index is 8.42. The molecule has 0 aromatic carbocycles. The van der Waals surface area contributed by atoms with Gasteiger partial charge in [0.2, 0.25) is 0 Å². The van der Waals surface area contributed by atoms with E-state index in [0.29, 0.717) is 0 Å². The number of halogens is 1. The summed E-state index contributed by atoms with van der Waals surface area (Å²) in [6.45, 7) is 0. The average molecular weight is 634 g/mol. The van der Waals surface area contributed by atoms with Crippen LogP contribution in [0.15, 0.2) is 0 Å². The van der Waals surface area contributed by atoms with Crippen molar-refractivity contribution in [1.82, 2.24) is 0 Å². The van der Waals surface area contributed by atoms with E-state index in [1.165, 1.54) is 0 Å². The number of rotatable bonds is 0. The van der Waals surface area contributed by atoms with E-state index in [-0.39, 0.29) is 232 Å². The van der Waals surface area contributed by atoms with Gasteiger partial charge < -0.3 is 49.9 Å². The number of hydrogen-bond donors (Lipinski definition) is 0. The molecule has 80 valence electrons. The molecule has 0 spiro atoms. The summed E-state index contributed by atoms with van der Waals surface area (Å²) in [5, 5.41) is 75.8. The standard InChI is InChI=1S/3BO3.FH.5Sr/c3*2-1(3)4;;;;;;/h;;;1H;;;;;/q3*-3;;5*+2/p-1. The molecule has 18 heavy (non-hydrogen) atoms. The summed E-state index contributed by atoms with van der Waals surface area (Å²) in [6, 6.07) is 0. The largest absolute Gasteiger partial charge is 2.00 e. The van der Waals surface area contributed by atoms with Gasteiger partial charge in [-0.2, -0.15) is 0 Å². The van der Waals surface area contributed by atoms with E-state index in [1.807, 2.05) is 0 Å². The maximum atomic E-state index is 8.42. The van der Waals surface area contributed by atoms with Gasteiger partial charge in [0.25, 0.3) is 0 Å². The molecule has 0 aromatic rings. The van der Waals surface area contributed by atoms with Crippen molar-refractivity contribution in [2.75, 3.05) is 0 Å². The predicted molar refractivity (Wildman–Crippen MR) is 46.0 cm³/mol. The van der Waals surface area contributed by atoms with Crippen molar-refractivity contribution in [3.8, 4) is 0 Å². The molecular formula is B3FO9Sr5. The zero-order chi connectivity index (χ0) is 10.7. The fourth-order valence-corrected chi connectivity index (χ4v) is 0. The van der Waals surface area contributed by atoms with Crippen LogP contribution in [-0.4, -0.2) is 249 Å². The molecule has 0 N–H and O–H groups in total. The van der Waals surface area contributed by atoms with Crippen LogP contribution in [0.25, 0.3) is 0 Å². The maximum Gasteiger partial charge on any atom is 2.00 e. The second-order valence-corrected chi connectivity index (χ2v) is 0.866. The molecule has 18 heteroatoms. The predicted octanol–water partition coefficient (Wildman–Crippen LogP) is -16.7. The molecule has 0 fully saturated rings. The minimum Gasteiger partial charge on any atom is -1.00 e. The van der Waals surface area contributed by atoms with Crippen LogP contribution in [0.5, 0.6) is 0 Å². The van der Waals surface area contributed by atoms with Gasteiger partial charge in [0.05, 0.1) is 0 Å². The van der Waals surface area contributed by atoms with Crippen molar-refractivity contribution in [1.29, 1.82) is 0 Å². The Balaban J connectivity index is -0.00000000827. The monoisotopic (exact) mass is 636 g/mol. The Labute approximate surface area is 290 Å². The first-order chi connectivity index (χ1) is 5.20. The molecule has 0 rings (SSSR count). The molecule has 0 unspecified atom stereocenters.